The fourth-order valence-corrected chi connectivity index (χ4v) is 3.50. The number of amides is 2. The van der Waals surface area contributed by atoms with Crippen LogP contribution in [0.5, 0.6) is 11.5 Å². The molecular formula is C28H35N5O8. The highest BCUT2D eigenvalue weighted by Gasteiger charge is 2.20. The van der Waals surface area contributed by atoms with E-state index in [9.17, 15) is 19.8 Å². The number of phenols is 1. The number of aromatic nitrogens is 3. The number of carbonyl (C=O) groups is 2. The fraction of sp³-hybridized carbons (Fsp3) is 0.393. The molecule has 0 aliphatic heterocycles. The Morgan fingerprint density at radius 2 is 1.93 bits per heavy atom. The van der Waals surface area contributed by atoms with E-state index in [2.05, 4.69) is 25.6 Å². The van der Waals surface area contributed by atoms with Crippen molar-refractivity contribution in [3.8, 4) is 22.8 Å². The predicted octanol–water partition coefficient (Wildman–Crippen LogP) is 4.15. The number of fused-ring (bicyclic) bond motifs is 1. The molecule has 1 atom stereocenters. The summed E-state index contributed by atoms with van der Waals surface area (Å²) in [5, 5.41) is 24.3. The minimum atomic E-state index is -0.843. The summed E-state index contributed by atoms with van der Waals surface area (Å²) < 4.78 is 20.7. The van der Waals surface area contributed by atoms with Gasteiger partial charge >= 0.3 is 12.2 Å². The highest BCUT2D eigenvalue weighted by molar-refractivity contribution is 5.90. The SMILES string of the molecule is COc1cc(-c2cnc3ccc(NC(=O)N/C=C\CCCOC(=O)OCC(CO)OC(C)(C)C)nc3n2)ccc1O. The number of nitrogens with one attached hydrogen (secondary N) is 2. The zero-order chi connectivity index (χ0) is 29.8. The van der Waals surface area contributed by atoms with Crippen molar-refractivity contribution in [1.29, 1.82) is 0 Å². The van der Waals surface area contributed by atoms with Gasteiger partial charge in [-0.1, -0.05) is 6.08 Å². The molecule has 0 aliphatic rings. The number of hydrogen-bond acceptors (Lipinski definition) is 11. The zero-order valence-electron chi connectivity index (χ0n) is 23.4. The number of pyridine rings is 1. The molecule has 41 heavy (non-hydrogen) atoms. The number of phenolic OH excluding ortho intramolecular Hbond substituents is 1. The molecule has 0 saturated heterocycles. The van der Waals surface area contributed by atoms with Gasteiger partial charge in [0.05, 0.1) is 37.8 Å². The molecule has 2 aromatic heterocycles. The predicted molar refractivity (Wildman–Crippen MR) is 151 cm³/mol. The van der Waals surface area contributed by atoms with Crippen molar-refractivity contribution < 1.29 is 38.7 Å². The minimum Gasteiger partial charge on any atom is -0.504 e. The quantitative estimate of drug-likeness (QED) is 0.182. The Balaban J connectivity index is 1.41. The molecule has 0 radical (unpaired) electrons. The first kappa shape index (κ1) is 31.0. The summed E-state index contributed by atoms with van der Waals surface area (Å²) in [6, 6.07) is 7.63. The Kier molecular flexibility index (Phi) is 11.2. The van der Waals surface area contributed by atoms with E-state index in [1.807, 2.05) is 20.8 Å². The molecule has 2 heterocycles. The number of aliphatic hydroxyl groups is 1. The maximum absolute atomic E-state index is 12.3. The number of carbonyl (C=O) groups excluding carboxylic acids is 2. The van der Waals surface area contributed by atoms with Crippen LogP contribution in [0.15, 0.2) is 48.8 Å². The molecular weight excluding hydrogens is 534 g/mol. The van der Waals surface area contributed by atoms with E-state index in [-0.39, 0.29) is 31.4 Å². The van der Waals surface area contributed by atoms with Gasteiger partial charge < -0.3 is 34.5 Å². The smallest absolute Gasteiger partial charge is 0.504 e. The number of methoxy groups -OCH3 is 1. The minimum absolute atomic E-state index is 0.0127. The van der Waals surface area contributed by atoms with Gasteiger partial charge in [0.15, 0.2) is 17.1 Å². The van der Waals surface area contributed by atoms with Crippen LogP contribution in [0.2, 0.25) is 0 Å². The normalized spacial score (nSPS) is 12.2. The summed E-state index contributed by atoms with van der Waals surface area (Å²) in [5.41, 5.74) is 1.60. The van der Waals surface area contributed by atoms with Crippen molar-refractivity contribution in [3.63, 3.8) is 0 Å². The number of ether oxygens (including phenoxy) is 4. The summed E-state index contributed by atoms with van der Waals surface area (Å²) in [4.78, 5) is 37.2. The number of allylic oxidation sites excluding steroid dienone is 1. The van der Waals surface area contributed by atoms with Gasteiger partial charge in [-0.25, -0.2) is 19.6 Å². The lowest BCUT2D eigenvalue weighted by Crippen LogP contribution is -2.34. The van der Waals surface area contributed by atoms with E-state index < -0.39 is 23.9 Å². The van der Waals surface area contributed by atoms with E-state index in [0.717, 1.165) is 0 Å². The molecule has 13 heteroatoms. The van der Waals surface area contributed by atoms with Gasteiger partial charge in [-0.2, -0.15) is 0 Å². The summed E-state index contributed by atoms with van der Waals surface area (Å²) in [6.45, 7) is 5.25. The van der Waals surface area contributed by atoms with Crippen LogP contribution in [-0.4, -0.2) is 76.0 Å². The Morgan fingerprint density at radius 3 is 2.66 bits per heavy atom. The van der Waals surface area contributed by atoms with Crippen LogP contribution in [0.25, 0.3) is 22.4 Å². The van der Waals surface area contributed by atoms with Gasteiger partial charge in [-0.15, -0.1) is 0 Å². The summed E-state index contributed by atoms with van der Waals surface area (Å²) >= 11 is 0. The second-order valence-electron chi connectivity index (χ2n) is 9.77. The lowest BCUT2D eigenvalue weighted by atomic mass is 10.1. The van der Waals surface area contributed by atoms with Crippen LogP contribution in [-0.2, 0) is 14.2 Å². The Hall–Kier alpha value is -4.49. The first-order valence-corrected chi connectivity index (χ1v) is 12.9. The number of urea groups is 1. The fourth-order valence-electron chi connectivity index (χ4n) is 3.50. The summed E-state index contributed by atoms with van der Waals surface area (Å²) in [7, 11) is 1.46. The zero-order valence-corrected chi connectivity index (χ0v) is 23.4. The molecule has 0 fully saturated rings. The summed E-state index contributed by atoms with van der Waals surface area (Å²) in [5.74, 6) is 0.599. The number of nitrogens with zero attached hydrogens (tertiary/aromatic N) is 3. The van der Waals surface area contributed by atoms with E-state index in [0.29, 0.717) is 41.0 Å². The van der Waals surface area contributed by atoms with Gasteiger partial charge in [0.1, 0.15) is 24.0 Å². The third-order valence-corrected chi connectivity index (χ3v) is 5.30. The molecule has 3 aromatic rings. The van der Waals surface area contributed by atoms with Crippen molar-refractivity contribution in [2.75, 3.05) is 32.2 Å². The second-order valence-corrected chi connectivity index (χ2v) is 9.77. The number of aliphatic hydroxyl groups excluding tert-OH is 1. The Labute approximate surface area is 237 Å². The van der Waals surface area contributed by atoms with Crippen LogP contribution in [0.1, 0.15) is 33.6 Å². The molecule has 3 rings (SSSR count). The first-order valence-electron chi connectivity index (χ1n) is 12.9. The third-order valence-electron chi connectivity index (χ3n) is 5.30. The topological polar surface area (TPSA) is 174 Å². The monoisotopic (exact) mass is 569 g/mol. The van der Waals surface area contributed by atoms with Crippen molar-refractivity contribution in [2.24, 2.45) is 0 Å². The molecule has 0 bridgehead atoms. The van der Waals surface area contributed by atoms with Gasteiger partial charge in [-0.05, 0) is 63.9 Å². The number of aromatic hydroxyl groups is 1. The highest BCUT2D eigenvalue weighted by Crippen LogP contribution is 2.30. The number of unbranched alkanes of at least 4 members (excludes halogenated alkanes) is 1. The van der Waals surface area contributed by atoms with Crippen molar-refractivity contribution >= 4 is 29.2 Å². The molecule has 0 aliphatic carbocycles. The standard InChI is InChI=1S/C28H35N5O8/c1-28(2,3)41-19(16-34)17-40-27(37)39-13-7-5-6-12-29-26(36)33-24-11-9-20-25(32-24)31-21(15-30-20)18-8-10-22(35)23(14-18)38-4/h6,8-12,14-15,19,34-35H,5,7,13,16-17H2,1-4H3,(H2,29,31,32,33,36)/b12-6-. The largest absolute Gasteiger partial charge is 0.508 e. The molecule has 13 nitrogen and oxygen atoms in total. The van der Waals surface area contributed by atoms with Gasteiger partial charge in [-0.3, -0.25) is 10.3 Å². The number of benzene rings is 1. The number of anilines is 1. The molecule has 0 spiro atoms. The first-order chi connectivity index (χ1) is 19.6. The van der Waals surface area contributed by atoms with E-state index in [1.54, 1.807) is 36.5 Å². The lowest BCUT2D eigenvalue weighted by Gasteiger charge is -2.25. The van der Waals surface area contributed by atoms with Crippen LogP contribution < -0.4 is 15.4 Å². The third kappa shape index (κ3) is 10.2. The van der Waals surface area contributed by atoms with Gasteiger partial charge in [0, 0.05) is 11.8 Å². The van der Waals surface area contributed by atoms with E-state index >= 15 is 0 Å². The van der Waals surface area contributed by atoms with Crippen LogP contribution in [0, 0.1) is 0 Å². The molecule has 1 unspecified atom stereocenters. The lowest BCUT2D eigenvalue weighted by molar-refractivity contribution is -0.105. The maximum atomic E-state index is 12.3. The van der Waals surface area contributed by atoms with Crippen LogP contribution in [0.3, 0.4) is 0 Å². The van der Waals surface area contributed by atoms with E-state index in [4.69, 9.17) is 18.9 Å². The van der Waals surface area contributed by atoms with E-state index in [1.165, 1.54) is 19.4 Å². The molecule has 4 N–H and O–H groups in total. The number of rotatable bonds is 12. The van der Waals surface area contributed by atoms with Crippen LogP contribution in [0.4, 0.5) is 15.4 Å². The average Bonchev–Trinajstić information content (AvgIpc) is 2.94. The summed E-state index contributed by atoms with van der Waals surface area (Å²) in [6.07, 6.45) is 4.35. The Bertz CT molecular complexity index is 1360. The van der Waals surface area contributed by atoms with Gasteiger partial charge in [0.25, 0.3) is 0 Å². The highest BCUT2D eigenvalue weighted by atomic mass is 16.7. The molecule has 220 valence electrons. The Morgan fingerprint density at radius 1 is 1.12 bits per heavy atom. The van der Waals surface area contributed by atoms with Gasteiger partial charge in [0.2, 0.25) is 0 Å². The molecule has 1 aromatic carbocycles. The number of hydrogen-bond donors (Lipinski definition) is 4. The van der Waals surface area contributed by atoms with Crippen LogP contribution >= 0.6 is 0 Å². The second kappa shape index (κ2) is 14.8. The maximum Gasteiger partial charge on any atom is 0.508 e. The van der Waals surface area contributed by atoms with Crippen molar-refractivity contribution in [2.45, 2.75) is 45.3 Å². The molecule has 0 saturated carbocycles. The van der Waals surface area contributed by atoms with Crippen molar-refractivity contribution in [3.05, 3.63) is 48.8 Å². The van der Waals surface area contributed by atoms with Crippen molar-refractivity contribution in [1.82, 2.24) is 20.3 Å². The molecule has 2 amide bonds. The average molecular weight is 570 g/mol.